The Bertz CT molecular complexity index is 87.1. The molecule has 3 heteroatoms. The summed E-state index contributed by atoms with van der Waals surface area (Å²) in [6.07, 6.45) is 3.22. The van der Waals surface area contributed by atoms with Crippen molar-refractivity contribution in [3.05, 3.63) is 0 Å². The molecule has 0 bridgehead atoms. The van der Waals surface area contributed by atoms with Crippen LogP contribution in [-0.2, 0) is 0 Å². The second kappa shape index (κ2) is 3.73. The molecule has 2 atom stereocenters. The quantitative estimate of drug-likeness (QED) is 0.310. The van der Waals surface area contributed by atoms with Crippen LogP contribution in [-0.4, -0.2) is 15.6 Å². The molecule has 3 N–H and O–H groups in total. The summed E-state index contributed by atoms with van der Waals surface area (Å²) in [5.41, 5.74) is 0. The molecule has 1 saturated carbocycles. The molecule has 0 saturated heterocycles. The van der Waals surface area contributed by atoms with Gasteiger partial charge in [0.05, 0.1) is 0 Å². The fourth-order valence-electron chi connectivity index (χ4n) is 1.31. The molecule has 1 rings (SSSR count). The third kappa shape index (κ3) is 2.39. The van der Waals surface area contributed by atoms with Gasteiger partial charge in [-0.2, -0.15) is 0 Å². The Hall–Kier alpha value is 0.650. The Morgan fingerprint density at radius 3 is 2.78 bits per heavy atom. The van der Waals surface area contributed by atoms with E-state index >= 15 is 0 Å². The van der Waals surface area contributed by atoms with Gasteiger partial charge < -0.3 is 0 Å². The maximum absolute atomic E-state index is 9.10. The Morgan fingerprint density at radius 1 is 1.56 bits per heavy atom. The van der Waals surface area contributed by atoms with Gasteiger partial charge in [-0.3, -0.25) is 0 Å². The van der Waals surface area contributed by atoms with Crippen molar-refractivity contribution in [2.75, 3.05) is 4.43 Å². The number of halogens is 1. The van der Waals surface area contributed by atoms with Crippen molar-refractivity contribution < 1.29 is 26.6 Å². The molecule has 0 amide bonds. The van der Waals surface area contributed by atoms with Gasteiger partial charge in [0, 0.05) is 0 Å². The van der Waals surface area contributed by atoms with Gasteiger partial charge in [-0.05, 0) is 0 Å². The number of alkyl halides is 1. The number of hydrogen-bond acceptors (Lipinski definition) is 2. The first-order valence-electron chi connectivity index (χ1n) is 3.28. The van der Waals surface area contributed by atoms with Gasteiger partial charge in [-0.25, -0.2) is 0 Å². The van der Waals surface area contributed by atoms with E-state index in [-0.39, 0.29) is 27.6 Å². The fourth-order valence-corrected chi connectivity index (χ4v) is 2.83. The summed E-state index contributed by atoms with van der Waals surface area (Å²) < 4.78 is 6.69. The molecule has 56 valence electrons. The van der Waals surface area contributed by atoms with Gasteiger partial charge in [0.2, 0.25) is 0 Å². The zero-order valence-electron chi connectivity index (χ0n) is 5.39. The monoisotopic (exact) mass is 242 g/mol. The molecule has 0 radical (unpaired) electrons. The summed E-state index contributed by atoms with van der Waals surface area (Å²) in [6, 6.07) is 0. The van der Waals surface area contributed by atoms with E-state index in [0.29, 0.717) is 0 Å². The third-order valence-corrected chi connectivity index (χ3v) is 3.58. The van der Waals surface area contributed by atoms with Crippen molar-refractivity contribution in [1.29, 1.82) is 0 Å². The topological polar surface area (TPSA) is 46.2 Å². The molecule has 0 aromatic rings. The molecule has 0 aromatic carbocycles. The SMILES string of the molecule is N[I-]C[C@H]1CC[C@H](O)C1. The molecule has 1 fully saturated rings. The van der Waals surface area contributed by atoms with E-state index in [2.05, 4.69) is 0 Å². The number of hydrogen-bond donors (Lipinski definition) is 2. The Kier molecular flexibility index (Phi) is 3.21. The first-order chi connectivity index (χ1) is 4.33. The van der Waals surface area contributed by atoms with Crippen LogP contribution in [0.5, 0.6) is 0 Å². The molecule has 1 aliphatic carbocycles. The first-order valence-corrected chi connectivity index (χ1v) is 6.06. The molecule has 0 heterocycles. The van der Waals surface area contributed by atoms with Crippen LogP contribution in [0.3, 0.4) is 0 Å². The van der Waals surface area contributed by atoms with E-state index < -0.39 is 0 Å². The van der Waals surface area contributed by atoms with E-state index in [0.717, 1.165) is 18.8 Å². The number of aliphatic hydroxyl groups is 1. The minimum atomic E-state index is -0.0361. The summed E-state index contributed by atoms with van der Waals surface area (Å²) in [4.78, 5) is 0. The van der Waals surface area contributed by atoms with Crippen LogP contribution in [0.25, 0.3) is 0 Å². The molecular weight excluding hydrogens is 229 g/mol. The molecule has 2 nitrogen and oxygen atoms in total. The van der Waals surface area contributed by atoms with Crippen LogP contribution in [0.1, 0.15) is 19.3 Å². The molecular formula is C6H13INO-. The summed E-state index contributed by atoms with van der Waals surface area (Å²) in [5, 5.41) is 9.10. The van der Waals surface area contributed by atoms with Crippen LogP contribution in [0.2, 0.25) is 0 Å². The van der Waals surface area contributed by atoms with Crippen molar-refractivity contribution in [2.24, 2.45) is 9.86 Å². The summed E-state index contributed by atoms with van der Waals surface area (Å²) in [7, 11) is 0. The summed E-state index contributed by atoms with van der Waals surface area (Å²) >= 11 is -0.0361. The minimum absolute atomic E-state index is 0.00874. The van der Waals surface area contributed by atoms with Gasteiger partial charge in [0.15, 0.2) is 0 Å². The molecule has 0 aromatic heterocycles. The summed E-state index contributed by atoms with van der Waals surface area (Å²) in [5.74, 6) is 0.762. The van der Waals surface area contributed by atoms with E-state index in [1.165, 1.54) is 10.8 Å². The predicted molar refractivity (Wildman–Crippen MR) is 32.4 cm³/mol. The van der Waals surface area contributed by atoms with Crippen molar-refractivity contribution >= 4 is 0 Å². The van der Waals surface area contributed by atoms with Crippen LogP contribution in [0.15, 0.2) is 0 Å². The number of nitrogens with two attached hydrogens (primary N) is 1. The van der Waals surface area contributed by atoms with Crippen LogP contribution in [0.4, 0.5) is 0 Å². The zero-order chi connectivity index (χ0) is 6.69. The average Bonchev–Trinajstić information content (AvgIpc) is 2.17. The zero-order valence-corrected chi connectivity index (χ0v) is 7.54. The van der Waals surface area contributed by atoms with Crippen molar-refractivity contribution in [3.8, 4) is 0 Å². The second-order valence-corrected chi connectivity index (χ2v) is 4.40. The van der Waals surface area contributed by atoms with Crippen molar-refractivity contribution in [2.45, 2.75) is 25.4 Å². The van der Waals surface area contributed by atoms with Gasteiger partial charge in [-0.1, -0.05) is 0 Å². The van der Waals surface area contributed by atoms with E-state index in [4.69, 9.17) is 9.05 Å². The van der Waals surface area contributed by atoms with Gasteiger partial charge in [0.1, 0.15) is 0 Å². The van der Waals surface area contributed by atoms with Gasteiger partial charge in [0.25, 0.3) is 0 Å². The standard InChI is InChI=1S/C6H13INO/c8-7-4-5-1-2-6(9)3-5/h5-6,9H,1-4,8H2/q-1/t5-,6-/m0/s1. The molecule has 9 heavy (non-hydrogen) atoms. The predicted octanol–water partition coefficient (Wildman–Crippen LogP) is -2.89. The van der Waals surface area contributed by atoms with Gasteiger partial charge in [-0.15, -0.1) is 0 Å². The third-order valence-electron chi connectivity index (χ3n) is 1.82. The van der Waals surface area contributed by atoms with E-state index in [1.54, 1.807) is 0 Å². The van der Waals surface area contributed by atoms with Crippen LogP contribution in [0, 0.1) is 5.92 Å². The Labute approximate surface area is 66.4 Å². The number of aliphatic hydroxyl groups excluding tert-OH is 1. The normalized spacial score (nSPS) is 35.8. The maximum atomic E-state index is 9.10. The second-order valence-electron chi connectivity index (χ2n) is 2.64. The van der Waals surface area contributed by atoms with Gasteiger partial charge >= 0.3 is 66.2 Å². The molecule has 1 aliphatic rings. The van der Waals surface area contributed by atoms with Crippen LogP contribution < -0.4 is 25.4 Å². The van der Waals surface area contributed by atoms with E-state index in [1.807, 2.05) is 0 Å². The molecule has 0 aliphatic heterocycles. The Balaban J connectivity index is 2.14. The van der Waals surface area contributed by atoms with Crippen molar-refractivity contribution in [1.82, 2.24) is 0 Å². The Morgan fingerprint density at radius 2 is 2.33 bits per heavy atom. The van der Waals surface area contributed by atoms with Crippen LogP contribution >= 0.6 is 0 Å². The molecule has 0 spiro atoms. The fraction of sp³-hybridized carbons (Fsp3) is 1.00. The van der Waals surface area contributed by atoms with Crippen molar-refractivity contribution in [3.63, 3.8) is 0 Å². The molecule has 0 unspecified atom stereocenters. The number of rotatable bonds is 2. The van der Waals surface area contributed by atoms with E-state index in [9.17, 15) is 0 Å². The average molecular weight is 242 g/mol. The first kappa shape index (κ1) is 7.75. The summed E-state index contributed by atoms with van der Waals surface area (Å²) in [6.45, 7) is 0.